The van der Waals surface area contributed by atoms with E-state index in [-0.39, 0.29) is 6.04 Å². The minimum absolute atomic E-state index is 0.0697. The van der Waals surface area contributed by atoms with Gasteiger partial charge >= 0.3 is 0 Å². The third-order valence-electron chi connectivity index (χ3n) is 4.64. The van der Waals surface area contributed by atoms with E-state index in [0.717, 1.165) is 16.5 Å². The maximum Gasteiger partial charge on any atom is 0.243 e. The molecule has 0 aliphatic carbocycles. The predicted molar refractivity (Wildman–Crippen MR) is 87.8 cm³/mol. The molecule has 1 N–H and O–H groups in total. The molecular weight excluding hydrogens is 307 g/mol. The zero-order valence-corrected chi connectivity index (χ0v) is 12.7. The maximum absolute atomic E-state index is 14.5. The van der Waals surface area contributed by atoms with Gasteiger partial charge in [-0.05, 0) is 11.6 Å². The number of aromatic nitrogens is 3. The van der Waals surface area contributed by atoms with Crippen LogP contribution in [-0.2, 0) is 0 Å². The van der Waals surface area contributed by atoms with Crippen molar-refractivity contribution in [3.8, 4) is 0 Å². The number of hydrogen-bond acceptors (Lipinski definition) is 5. The fraction of sp³-hybridized carbons (Fsp3) is 0.235. The van der Waals surface area contributed by atoms with E-state index >= 15 is 0 Å². The van der Waals surface area contributed by atoms with Gasteiger partial charge in [-0.25, -0.2) is 4.39 Å². The molecule has 4 heterocycles. The normalized spacial score (nSPS) is 25.6. The number of nitrogens with zero attached hydrogens (tertiary/aromatic N) is 5. The molecule has 24 heavy (non-hydrogen) atoms. The first kappa shape index (κ1) is 13.5. The highest BCUT2D eigenvalue weighted by Crippen LogP contribution is 2.39. The van der Waals surface area contributed by atoms with E-state index in [0.29, 0.717) is 12.4 Å². The molecule has 2 aliphatic heterocycles. The molecule has 3 atom stereocenters. The van der Waals surface area contributed by atoms with Gasteiger partial charge in [0.25, 0.3) is 0 Å². The molecule has 1 saturated heterocycles. The summed E-state index contributed by atoms with van der Waals surface area (Å²) >= 11 is 0. The van der Waals surface area contributed by atoms with Crippen LogP contribution < -0.4 is 5.32 Å². The molecule has 1 fully saturated rings. The van der Waals surface area contributed by atoms with Crippen molar-refractivity contribution in [3.63, 3.8) is 0 Å². The zero-order valence-electron chi connectivity index (χ0n) is 12.7. The van der Waals surface area contributed by atoms with Crippen molar-refractivity contribution in [2.75, 3.05) is 0 Å². The molecule has 0 bridgehead atoms. The minimum Gasteiger partial charge on any atom is -0.329 e. The van der Waals surface area contributed by atoms with Crippen molar-refractivity contribution in [3.05, 3.63) is 60.6 Å². The molecular formula is C17H15FN6. The second kappa shape index (κ2) is 5.02. The van der Waals surface area contributed by atoms with Crippen LogP contribution in [0.4, 0.5) is 4.39 Å². The lowest BCUT2D eigenvalue weighted by atomic mass is 10.1. The molecule has 0 radical (unpaired) electrons. The summed E-state index contributed by atoms with van der Waals surface area (Å²) in [6, 6.07) is 11.7. The Kier molecular flexibility index (Phi) is 2.82. The third kappa shape index (κ3) is 1.90. The molecule has 120 valence electrons. The van der Waals surface area contributed by atoms with Gasteiger partial charge in [0.05, 0.1) is 17.8 Å². The van der Waals surface area contributed by atoms with Crippen LogP contribution in [-0.4, -0.2) is 38.1 Å². The molecule has 6 nitrogen and oxygen atoms in total. The Balaban J connectivity index is 1.54. The number of nitrogens with one attached hydrogen (secondary N) is 1. The van der Waals surface area contributed by atoms with E-state index in [1.807, 2.05) is 41.4 Å². The Morgan fingerprint density at radius 2 is 2.00 bits per heavy atom. The van der Waals surface area contributed by atoms with Crippen LogP contribution in [0, 0.1) is 0 Å². The third-order valence-corrected chi connectivity index (χ3v) is 4.64. The van der Waals surface area contributed by atoms with E-state index in [1.165, 1.54) is 0 Å². The monoisotopic (exact) mass is 322 g/mol. The molecule has 1 unspecified atom stereocenters. The highest BCUT2D eigenvalue weighted by atomic mass is 19.1. The lowest BCUT2D eigenvalue weighted by molar-refractivity contribution is 0.180. The molecule has 0 amide bonds. The summed E-state index contributed by atoms with van der Waals surface area (Å²) in [5.74, 6) is 0.546. The smallest absolute Gasteiger partial charge is 0.243 e. The summed E-state index contributed by atoms with van der Waals surface area (Å²) in [6.07, 6.45) is 4.19. The first-order valence-corrected chi connectivity index (χ1v) is 7.92. The van der Waals surface area contributed by atoms with Gasteiger partial charge in [0.15, 0.2) is 6.17 Å². The number of rotatable bonds is 1. The largest absolute Gasteiger partial charge is 0.329 e. The Morgan fingerprint density at radius 1 is 1.12 bits per heavy atom. The molecule has 2 aromatic heterocycles. The van der Waals surface area contributed by atoms with Gasteiger partial charge < -0.3 is 5.32 Å². The standard InChI is InChI=1S/C17H15FN6/c18-13-8-15(11-4-2-1-3-5-11)23-16(13)21-17(22-23)24-14-6-7-19-9-12(14)10-20-24/h1-7,9-10,13,15-16H,8H2,(H,21,22)/t13-,15-,16?/m0/s1. The van der Waals surface area contributed by atoms with Crippen molar-refractivity contribution < 1.29 is 4.39 Å². The fourth-order valence-electron chi connectivity index (χ4n) is 3.48. The molecule has 1 aromatic carbocycles. The quantitative estimate of drug-likeness (QED) is 0.747. The number of hydrogen-bond donors (Lipinski definition) is 1. The van der Waals surface area contributed by atoms with Crippen molar-refractivity contribution in [1.82, 2.24) is 25.1 Å². The first-order valence-electron chi connectivity index (χ1n) is 7.92. The topological polar surface area (TPSA) is 58.3 Å². The molecule has 2 aliphatic rings. The van der Waals surface area contributed by atoms with Gasteiger partial charge in [-0.1, -0.05) is 30.3 Å². The predicted octanol–water partition coefficient (Wildman–Crippen LogP) is 2.26. The molecule has 3 aromatic rings. The van der Waals surface area contributed by atoms with Crippen LogP contribution in [0.1, 0.15) is 18.0 Å². The van der Waals surface area contributed by atoms with Gasteiger partial charge in [-0.2, -0.15) is 9.78 Å². The number of halogens is 1. The Morgan fingerprint density at radius 3 is 2.88 bits per heavy atom. The van der Waals surface area contributed by atoms with Gasteiger partial charge in [-0.15, -0.1) is 5.10 Å². The van der Waals surface area contributed by atoms with Crippen molar-refractivity contribution in [2.45, 2.75) is 24.8 Å². The summed E-state index contributed by atoms with van der Waals surface area (Å²) in [5, 5.41) is 14.9. The zero-order chi connectivity index (χ0) is 16.1. The molecule has 0 saturated carbocycles. The highest BCUT2D eigenvalue weighted by molar-refractivity contribution is 5.92. The van der Waals surface area contributed by atoms with Crippen LogP contribution in [0.2, 0.25) is 0 Å². The number of pyridine rings is 1. The van der Waals surface area contributed by atoms with Gasteiger partial charge in [0, 0.05) is 24.2 Å². The van der Waals surface area contributed by atoms with E-state index in [2.05, 4.69) is 20.5 Å². The van der Waals surface area contributed by atoms with E-state index in [4.69, 9.17) is 0 Å². The van der Waals surface area contributed by atoms with E-state index < -0.39 is 12.3 Å². The lowest BCUT2D eigenvalue weighted by Gasteiger charge is -2.21. The van der Waals surface area contributed by atoms with Crippen LogP contribution in [0.5, 0.6) is 0 Å². The average molecular weight is 322 g/mol. The maximum atomic E-state index is 14.5. The second-order valence-electron chi connectivity index (χ2n) is 6.06. The Labute approximate surface area is 137 Å². The highest BCUT2D eigenvalue weighted by Gasteiger charge is 2.46. The van der Waals surface area contributed by atoms with Crippen molar-refractivity contribution in [1.29, 1.82) is 0 Å². The summed E-state index contributed by atoms with van der Waals surface area (Å²) in [7, 11) is 0. The van der Waals surface area contributed by atoms with Crippen LogP contribution in [0.3, 0.4) is 0 Å². The van der Waals surface area contributed by atoms with Crippen LogP contribution in [0.25, 0.3) is 10.9 Å². The van der Waals surface area contributed by atoms with Crippen molar-refractivity contribution >= 4 is 16.9 Å². The second-order valence-corrected chi connectivity index (χ2v) is 6.06. The van der Waals surface area contributed by atoms with E-state index in [9.17, 15) is 4.39 Å². The molecule has 5 rings (SSSR count). The summed E-state index contributed by atoms with van der Waals surface area (Å²) in [4.78, 5) is 4.09. The number of benzene rings is 1. The molecule has 0 spiro atoms. The van der Waals surface area contributed by atoms with Crippen LogP contribution >= 0.6 is 0 Å². The van der Waals surface area contributed by atoms with Gasteiger partial charge in [-0.3, -0.25) is 9.99 Å². The summed E-state index contributed by atoms with van der Waals surface area (Å²) < 4.78 is 16.2. The van der Waals surface area contributed by atoms with Gasteiger partial charge in [0.2, 0.25) is 5.96 Å². The van der Waals surface area contributed by atoms with Crippen LogP contribution in [0.15, 0.2) is 60.1 Å². The van der Waals surface area contributed by atoms with E-state index in [1.54, 1.807) is 23.3 Å². The van der Waals surface area contributed by atoms with Gasteiger partial charge in [0.1, 0.15) is 6.17 Å². The number of hydrazone groups is 1. The number of alkyl halides is 1. The number of fused-ring (bicyclic) bond motifs is 2. The minimum atomic E-state index is -0.986. The fourth-order valence-corrected chi connectivity index (χ4v) is 3.48. The Hall–Kier alpha value is -2.96. The first-order chi connectivity index (χ1) is 11.8. The lowest BCUT2D eigenvalue weighted by Crippen LogP contribution is -2.41. The summed E-state index contributed by atoms with van der Waals surface area (Å²) in [6.45, 7) is 0. The average Bonchev–Trinajstić information content (AvgIpc) is 3.30. The summed E-state index contributed by atoms with van der Waals surface area (Å²) in [5.41, 5.74) is 1.97. The van der Waals surface area contributed by atoms with Crippen molar-refractivity contribution in [2.24, 2.45) is 5.10 Å². The Bertz CT molecular complexity index is 921. The molecule has 7 heteroatoms. The SMILES string of the molecule is F[C@H]1C[C@@H](c2ccccc2)N2N=C(n3ncc4cnccc43)NC12.